The quantitative estimate of drug-likeness (QED) is 0.137. The SMILES string of the molecule is CCCCCCNC(=O)c1c(Br)c(C(=O)NCCCCCC)c(Br)c(C(=O)NCCCCCC)c1Br. The Morgan fingerprint density at radius 1 is 0.472 bits per heavy atom. The minimum Gasteiger partial charge on any atom is -0.352 e. The number of amides is 3. The molecule has 0 aromatic heterocycles. The highest BCUT2D eigenvalue weighted by Gasteiger charge is 2.30. The van der Waals surface area contributed by atoms with Crippen LogP contribution in [0.5, 0.6) is 0 Å². The Kier molecular flexibility index (Phi) is 17.6. The summed E-state index contributed by atoms with van der Waals surface area (Å²) in [5, 5.41) is 8.84. The van der Waals surface area contributed by atoms with Crippen molar-refractivity contribution in [3.63, 3.8) is 0 Å². The highest BCUT2D eigenvalue weighted by atomic mass is 79.9. The van der Waals surface area contributed by atoms with Gasteiger partial charge in [-0.2, -0.15) is 0 Å². The summed E-state index contributed by atoms with van der Waals surface area (Å²) >= 11 is 10.5. The van der Waals surface area contributed by atoms with Crippen LogP contribution < -0.4 is 16.0 Å². The summed E-state index contributed by atoms with van der Waals surface area (Å²) in [6.45, 7) is 8.02. The third kappa shape index (κ3) is 10.8. The Morgan fingerprint density at radius 3 is 0.944 bits per heavy atom. The van der Waals surface area contributed by atoms with Crippen LogP contribution in [0.1, 0.15) is 129 Å². The maximum absolute atomic E-state index is 13.2. The van der Waals surface area contributed by atoms with Crippen molar-refractivity contribution in [1.29, 1.82) is 0 Å². The third-order valence-corrected chi connectivity index (χ3v) is 8.32. The van der Waals surface area contributed by atoms with Crippen molar-refractivity contribution in [2.45, 2.75) is 97.8 Å². The van der Waals surface area contributed by atoms with E-state index in [9.17, 15) is 14.4 Å². The molecule has 6 nitrogen and oxygen atoms in total. The van der Waals surface area contributed by atoms with Gasteiger partial charge in [0.2, 0.25) is 0 Å². The maximum atomic E-state index is 13.2. The Hall–Kier alpha value is -0.930. The number of hydrogen-bond acceptors (Lipinski definition) is 3. The summed E-state index contributed by atoms with van der Waals surface area (Å²) in [5.74, 6) is -0.981. The van der Waals surface area contributed by atoms with Gasteiger partial charge in [-0.3, -0.25) is 14.4 Å². The molecule has 0 saturated carbocycles. The molecule has 1 aromatic rings. The Morgan fingerprint density at radius 2 is 0.722 bits per heavy atom. The first-order chi connectivity index (χ1) is 17.3. The summed E-state index contributed by atoms with van der Waals surface area (Å²) in [4.78, 5) is 39.6. The zero-order chi connectivity index (χ0) is 26.9. The first-order valence-electron chi connectivity index (χ1n) is 13.4. The number of carbonyl (C=O) groups is 3. The number of nitrogens with one attached hydrogen (secondary N) is 3. The molecule has 3 N–H and O–H groups in total. The average Bonchev–Trinajstić information content (AvgIpc) is 2.83. The van der Waals surface area contributed by atoms with Gasteiger partial charge in [0.25, 0.3) is 17.7 Å². The molecule has 0 fully saturated rings. The van der Waals surface area contributed by atoms with Crippen molar-refractivity contribution >= 4 is 65.5 Å². The van der Waals surface area contributed by atoms with Crippen LogP contribution in [0.25, 0.3) is 0 Å². The van der Waals surface area contributed by atoms with E-state index in [4.69, 9.17) is 0 Å². The van der Waals surface area contributed by atoms with Crippen LogP contribution in [0.4, 0.5) is 0 Å². The van der Waals surface area contributed by atoms with Gasteiger partial charge in [0.1, 0.15) is 0 Å². The molecule has 0 saturated heterocycles. The predicted molar refractivity (Wildman–Crippen MR) is 159 cm³/mol. The van der Waals surface area contributed by atoms with E-state index < -0.39 is 0 Å². The molecule has 0 bridgehead atoms. The van der Waals surface area contributed by atoms with E-state index in [0.29, 0.717) is 33.1 Å². The van der Waals surface area contributed by atoms with Gasteiger partial charge in [-0.25, -0.2) is 0 Å². The molecular weight excluding hydrogens is 654 g/mol. The normalized spacial score (nSPS) is 10.8. The number of halogens is 3. The summed E-state index contributed by atoms with van der Waals surface area (Å²) in [6.07, 6.45) is 12.4. The molecule has 204 valence electrons. The average molecular weight is 696 g/mol. The smallest absolute Gasteiger partial charge is 0.253 e. The fourth-order valence-electron chi connectivity index (χ4n) is 3.79. The Bertz CT molecular complexity index is 732. The van der Waals surface area contributed by atoms with Crippen molar-refractivity contribution in [3.8, 4) is 0 Å². The van der Waals surface area contributed by atoms with E-state index in [0.717, 1.165) is 77.0 Å². The van der Waals surface area contributed by atoms with Crippen molar-refractivity contribution in [2.75, 3.05) is 19.6 Å². The van der Waals surface area contributed by atoms with E-state index in [1.54, 1.807) is 0 Å². The Labute approximate surface area is 242 Å². The van der Waals surface area contributed by atoms with Gasteiger partial charge in [-0.1, -0.05) is 78.6 Å². The fraction of sp³-hybridized carbons (Fsp3) is 0.667. The van der Waals surface area contributed by atoms with E-state index >= 15 is 0 Å². The minimum absolute atomic E-state index is 0.251. The number of rotatable bonds is 18. The van der Waals surface area contributed by atoms with Crippen LogP contribution in [-0.4, -0.2) is 37.4 Å². The van der Waals surface area contributed by atoms with Crippen LogP contribution in [0, 0.1) is 0 Å². The summed E-state index contributed by atoms with van der Waals surface area (Å²) in [6, 6.07) is 0. The van der Waals surface area contributed by atoms with Crippen LogP contribution in [-0.2, 0) is 0 Å². The zero-order valence-electron chi connectivity index (χ0n) is 22.0. The molecule has 1 rings (SSSR count). The van der Waals surface area contributed by atoms with Gasteiger partial charge >= 0.3 is 0 Å². The summed E-state index contributed by atoms with van der Waals surface area (Å²) in [7, 11) is 0. The van der Waals surface area contributed by atoms with Crippen LogP contribution in [0.2, 0.25) is 0 Å². The molecule has 0 aliphatic heterocycles. The first kappa shape index (κ1) is 33.1. The highest BCUT2D eigenvalue weighted by molar-refractivity contribution is 9.11. The predicted octanol–water partition coefficient (Wildman–Crippen LogP) is 7.90. The van der Waals surface area contributed by atoms with Crippen LogP contribution in [0.15, 0.2) is 13.4 Å². The van der Waals surface area contributed by atoms with Crippen molar-refractivity contribution in [3.05, 3.63) is 30.1 Å². The van der Waals surface area contributed by atoms with E-state index in [1.165, 1.54) is 0 Å². The maximum Gasteiger partial charge on any atom is 0.253 e. The lowest BCUT2D eigenvalue weighted by atomic mass is 10.0. The molecule has 0 aliphatic rings. The fourth-order valence-corrected chi connectivity index (χ4v) is 6.86. The topological polar surface area (TPSA) is 87.3 Å². The van der Waals surface area contributed by atoms with Gasteiger partial charge in [0.15, 0.2) is 0 Å². The van der Waals surface area contributed by atoms with E-state index in [-0.39, 0.29) is 34.4 Å². The molecule has 0 unspecified atom stereocenters. The second-order valence-electron chi connectivity index (χ2n) is 9.02. The summed E-state index contributed by atoms with van der Waals surface area (Å²) in [5.41, 5.74) is 0.753. The lowest BCUT2D eigenvalue weighted by Crippen LogP contribution is -2.31. The van der Waals surface area contributed by atoms with Gasteiger partial charge in [0, 0.05) is 33.1 Å². The molecule has 0 spiro atoms. The lowest BCUT2D eigenvalue weighted by molar-refractivity contribution is 0.0950. The van der Waals surface area contributed by atoms with Crippen LogP contribution >= 0.6 is 47.8 Å². The van der Waals surface area contributed by atoms with Crippen molar-refractivity contribution in [1.82, 2.24) is 16.0 Å². The van der Waals surface area contributed by atoms with Crippen LogP contribution in [0.3, 0.4) is 0 Å². The molecule has 0 heterocycles. The van der Waals surface area contributed by atoms with Crippen molar-refractivity contribution < 1.29 is 14.4 Å². The third-order valence-electron chi connectivity index (χ3n) is 5.95. The second-order valence-corrected chi connectivity index (χ2v) is 11.4. The molecule has 1 aromatic carbocycles. The van der Waals surface area contributed by atoms with Gasteiger partial charge in [-0.15, -0.1) is 0 Å². The standard InChI is InChI=1S/C27H42Br3N3O3/c1-4-7-10-13-16-31-25(34)19-22(28)20(26(35)32-17-14-11-8-5-2)24(30)21(23(19)29)27(36)33-18-15-12-9-6-3/h4-18H2,1-3H3,(H,31,34)(H,32,35)(H,33,36). The number of hydrogen-bond donors (Lipinski definition) is 3. The molecule has 0 radical (unpaired) electrons. The Balaban J connectivity index is 3.23. The lowest BCUT2D eigenvalue weighted by Gasteiger charge is -2.19. The largest absolute Gasteiger partial charge is 0.352 e. The molecular formula is C27H42Br3N3O3. The monoisotopic (exact) mass is 693 g/mol. The minimum atomic E-state index is -0.327. The van der Waals surface area contributed by atoms with E-state index in [1.807, 2.05) is 0 Å². The number of unbranched alkanes of at least 4 members (excludes halogenated alkanes) is 9. The summed E-state index contributed by atoms with van der Waals surface area (Å²) < 4.78 is 1.08. The molecule has 0 atom stereocenters. The molecule has 0 aliphatic carbocycles. The van der Waals surface area contributed by atoms with Gasteiger partial charge in [0.05, 0.1) is 16.7 Å². The first-order valence-corrected chi connectivity index (χ1v) is 15.7. The van der Waals surface area contributed by atoms with Gasteiger partial charge < -0.3 is 16.0 Å². The van der Waals surface area contributed by atoms with Gasteiger partial charge in [-0.05, 0) is 67.1 Å². The van der Waals surface area contributed by atoms with Crippen molar-refractivity contribution in [2.24, 2.45) is 0 Å². The van der Waals surface area contributed by atoms with E-state index in [2.05, 4.69) is 84.5 Å². The molecule has 9 heteroatoms. The second kappa shape index (κ2) is 19.2. The zero-order valence-corrected chi connectivity index (χ0v) is 26.7. The highest BCUT2D eigenvalue weighted by Crippen LogP contribution is 2.39. The molecule has 3 amide bonds. The molecule has 36 heavy (non-hydrogen) atoms. The number of benzene rings is 1. The number of carbonyl (C=O) groups excluding carboxylic acids is 3.